The van der Waals surface area contributed by atoms with Crippen LogP contribution in [-0.2, 0) is 19.3 Å². The van der Waals surface area contributed by atoms with Gasteiger partial charge in [0.05, 0.1) is 18.8 Å². The van der Waals surface area contributed by atoms with E-state index in [1.165, 1.54) is 55.2 Å². The highest BCUT2D eigenvalue weighted by atomic mass is 16.3. The Morgan fingerprint density at radius 2 is 1.04 bits per heavy atom. The van der Waals surface area contributed by atoms with Crippen molar-refractivity contribution in [3.63, 3.8) is 0 Å². The van der Waals surface area contributed by atoms with Crippen LogP contribution in [0.4, 0.5) is 0 Å². The summed E-state index contributed by atoms with van der Waals surface area (Å²) in [6.07, 6.45) is 10.1. The van der Waals surface area contributed by atoms with Gasteiger partial charge >= 0.3 is 0 Å². The summed E-state index contributed by atoms with van der Waals surface area (Å²) in [7, 11) is 0. The Morgan fingerprint density at radius 3 is 1.56 bits per heavy atom. The fourth-order valence-corrected chi connectivity index (χ4v) is 3.31. The van der Waals surface area contributed by atoms with Gasteiger partial charge in [0.25, 0.3) is 0 Å². The minimum absolute atomic E-state index is 0.188. The monoisotopic (exact) mass is 369 g/mol. The molecule has 0 aromatic heterocycles. The first-order chi connectivity index (χ1) is 13.1. The Kier molecular flexibility index (Phi) is 9.54. The van der Waals surface area contributed by atoms with Crippen LogP contribution in [0.5, 0.6) is 0 Å². The zero-order valence-electron chi connectivity index (χ0n) is 16.4. The molecule has 4 N–H and O–H groups in total. The first-order valence-electron chi connectivity index (χ1n) is 10.3. The van der Waals surface area contributed by atoms with Gasteiger partial charge in [-0.2, -0.15) is 0 Å². The number of aliphatic hydroxyl groups excluding tert-OH is 2. The lowest BCUT2D eigenvalue weighted by molar-refractivity contribution is 0.115. The first kappa shape index (κ1) is 21.6. The van der Waals surface area contributed by atoms with Crippen LogP contribution in [0.15, 0.2) is 54.6 Å². The molecule has 0 spiro atoms. The van der Waals surface area contributed by atoms with Gasteiger partial charge < -0.3 is 15.9 Å². The fraction of sp³-hybridized carbons (Fsp3) is 0.500. The van der Waals surface area contributed by atoms with E-state index in [-0.39, 0.29) is 13.2 Å². The van der Waals surface area contributed by atoms with Gasteiger partial charge in [-0.05, 0) is 55.2 Å². The van der Waals surface area contributed by atoms with E-state index in [0.29, 0.717) is 6.42 Å². The molecule has 0 bridgehead atoms. The summed E-state index contributed by atoms with van der Waals surface area (Å²) in [4.78, 5) is 0. The van der Waals surface area contributed by atoms with Gasteiger partial charge in [0, 0.05) is 0 Å². The molecule has 0 aliphatic heterocycles. The molecular formula is C24H35NO2. The van der Waals surface area contributed by atoms with Crippen molar-refractivity contribution < 1.29 is 10.2 Å². The van der Waals surface area contributed by atoms with Crippen LogP contribution < -0.4 is 5.73 Å². The highest BCUT2D eigenvalue weighted by Gasteiger charge is 2.22. The molecule has 2 aromatic rings. The summed E-state index contributed by atoms with van der Waals surface area (Å²) in [6, 6.07) is 19.4. The molecule has 2 aromatic carbocycles. The smallest absolute Gasteiger partial charge is 0.0633 e. The van der Waals surface area contributed by atoms with Crippen LogP contribution in [0, 0.1) is 0 Å². The summed E-state index contributed by atoms with van der Waals surface area (Å²) in [6.45, 7) is -0.375. The molecule has 0 amide bonds. The molecule has 0 fully saturated rings. The molecule has 148 valence electrons. The van der Waals surface area contributed by atoms with E-state index >= 15 is 0 Å². The standard InChI is InChI=1S/C24H35NO2/c25-24(19-26,20-27)18-17-23-15-13-22(14-16-23)12-6-3-1-2-5-9-21-10-7-4-8-11-21/h4,7-8,10-11,13-16,26-27H,1-3,5-6,9,12,17-20,25H2. The number of aryl methyl sites for hydroxylation is 3. The zero-order valence-corrected chi connectivity index (χ0v) is 16.4. The number of hydrogen-bond donors (Lipinski definition) is 3. The van der Waals surface area contributed by atoms with Gasteiger partial charge in [0.15, 0.2) is 0 Å². The van der Waals surface area contributed by atoms with Crippen molar-refractivity contribution >= 4 is 0 Å². The number of rotatable bonds is 13. The van der Waals surface area contributed by atoms with E-state index in [4.69, 9.17) is 5.73 Å². The molecule has 0 radical (unpaired) electrons. The molecule has 0 aliphatic rings. The second-order valence-corrected chi connectivity index (χ2v) is 7.75. The quantitative estimate of drug-likeness (QED) is 0.467. The minimum Gasteiger partial charge on any atom is -0.394 e. The molecule has 0 saturated carbocycles. The molecule has 3 heteroatoms. The van der Waals surface area contributed by atoms with Gasteiger partial charge in [0.2, 0.25) is 0 Å². The lowest BCUT2D eigenvalue weighted by Gasteiger charge is -2.24. The largest absolute Gasteiger partial charge is 0.394 e. The maximum atomic E-state index is 9.25. The number of benzene rings is 2. The maximum Gasteiger partial charge on any atom is 0.0633 e. The third-order valence-corrected chi connectivity index (χ3v) is 5.34. The van der Waals surface area contributed by atoms with Crippen molar-refractivity contribution in [1.82, 2.24) is 0 Å². The van der Waals surface area contributed by atoms with Crippen molar-refractivity contribution in [2.45, 2.75) is 63.3 Å². The molecule has 0 atom stereocenters. The lowest BCUT2D eigenvalue weighted by atomic mass is 9.93. The van der Waals surface area contributed by atoms with E-state index in [1.54, 1.807) is 0 Å². The Bertz CT molecular complexity index is 621. The third-order valence-electron chi connectivity index (χ3n) is 5.34. The van der Waals surface area contributed by atoms with Crippen LogP contribution in [-0.4, -0.2) is 29.0 Å². The second-order valence-electron chi connectivity index (χ2n) is 7.75. The molecular weight excluding hydrogens is 334 g/mol. The average Bonchev–Trinajstić information content (AvgIpc) is 2.73. The highest BCUT2D eigenvalue weighted by molar-refractivity contribution is 5.23. The van der Waals surface area contributed by atoms with Crippen LogP contribution in [0.1, 0.15) is 55.2 Å². The first-order valence-corrected chi connectivity index (χ1v) is 10.3. The minimum atomic E-state index is -0.876. The van der Waals surface area contributed by atoms with Gasteiger partial charge in [-0.25, -0.2) is 0 Å². The van der Waals surface area contributed by atoms with Gasteiger partial charge in [-0.15, -0.1) is 0 Å². The van der Waals surface area contributed by atoms with Crippen molar-refractivity contribution in [2.24, 2.45) is 5.73 Å². The summed E-state index contributed by atoms with van der Waals surface area (Å²) < 4.78 is 0. The third kappa shape index (κ3) is 8.25. The SMILES string of the molecule is NC(CO)(CO)CCc1ccc(CCCCCCCc2ccccc2)cc1. The van der Waals surface area contributed by atoms with Crippen LogP contribution in [0.2, 0.25) is 0 Å². The number of aliphatic hydroxyl groups is 2. The number of hydrogen-bond acceptors (Lipinski definition) is 3. The fourth-order valence-electron chi connectivity index (χ4n) is 3.31. The van der Waals surface area contributed by atoms with Gasteiger partial charge in [-0.3, -0.25) is 0 Å². The Balaban J connectivity index is 1.57. The van der Waals surface area contributed by atoms with Crippen LogP contribution in [0.3, 0.4) is 0 Å². The van der Waals surface area contributed by atoms with Crippen molar-refractivity contribution in [2.75, 3.05) is 13.2 Å². The molecule has 0 aliphatic carbocycles. The normalized spacial score (nSPS) is 11.7. The molecule has 0 heterocycles. The van der Waals surface area contributed by atoms with Crippen LogP contribution in [0.25, 0.3) is 0 Å². The van der Waals surface area contributed by atoms with Crippen molar-refractivity contribution in [1.29, 1.82) is 0 Å². The second kappa shape index (κ2) is 11.9. The molecule has 3 nitrogen and oxygen atoms in total. The summed E-state index contributed by atoms with van der Waals surface area (Å²) in [5.74, 6) is 0. The van der Waals surface area contributed by atoms with E-state index in [9.17, 15) is 10.2 Å². The number of nitrogens with two attached hydrogens (primary N) is 1. The van der Waals surface area contributed by atoms with Crippen molar-refractivity contribution in [3.8, 4) is 0 Å². The number of unbranched alkanes of at least 4 members (excludes halogenated alkanes) is 4. The lowest BCUT2D eigenvalue weighted by Crippen LogP contribution is -2.47. The molecule has 0 unspecified atom stereocenters. The Labute approximate surface area is 164 Å². The maximum absolute atomic E-state index is 9.25. The Hall–Kier alpha value is -1.68. The summed E-state index contributed by atoms with van der Waals surface area (Å²) in [5, 5.41) is 18.5. The highest BCUT2D eigenvalue weighted by Crippen LogP contribution is 2.15. The predicted octanol–water partition coefficient (Wildman–Crippen LogP) is 4.04. The van der Waals surface area contributed by atoms with Crippen LogP contribution >= 0.6 is 0 Å². The van der Waals surface area contributed by atoms with Gasteiger partial charge in [-0.1, -0.05) is 73.9 Å². The average molecular weight is 370 g/mol. The zero-order chi connectivity index (χ0) is 19.4. The van der Waals surface area contributed by atoms with Crippen molar-refractivity contribution in [3.05, 3.63) is 71.3 Å². The predicted molar refractivity (Wildman–Crippen MR) is 113 cm³/mol. The summed E-state index contributed by atoms with van der Waals surface area (Å²) in [5.41, 5.74) is 9.08. The van der Waals surface area contributed by atoms with E-state index in [0.717, 1.165) is 12.8 Å². The molecule has 2 rings (SSSR count). The van der Waals surface area contributed by atoms with Gasteiger partial charge in [0.1, 0.15) is 0 Å². The Morgan fingerprint density at radius 1 is 0.593 bits per heavy atom. The molecule has 27 heavy (non-hydrogen) atoms. The summed E-state index contributed by atoms with van der Waals surface area (Å²) >= 11 is 0. The molecule has 0 saturated heterocycles. The van der Waals surface area contributed by atoms with E-state index < -0.39 is 5.54 Å². The van der Waals surface area contributed by atoms with E-state index in [1.807, 2.05) is 0 Å². The van der Waals surface area contributed by atoms with E-state index in [2.05, 4.69) is 54.6 Å². The topological polar surface area (TPSA) is 66.5 Å².